The van der Waals surface area contributed by atoms with Crippen LogP contribution in [0.5, 0.6) is 5.75 Å². The monoisotopic (exact) mass is 453 g/mol. The Bertz CT molecular complexity index is 1140. The van der Waals surface area contributed by atoms with Gasteiger partial charge in [-0.15, -0.1) is 0 Å². The number of carbonyl (C=O) groups is 1. The third-order valence-electron chi connectivity index (χ3n) is 5.85. The lowest BCUT2D eigenvalue weighted by molar-refractivity contribution is 0.0609. The summed E-state index contributed by atoms with van der Waals surface area (Å²) in [5.74, 6) is 0.749. The largest absolute Gasteiger partial charge is 0.497 e. The summed E-state index contributed by atoms with van der Waals surface area (Å²) in [6.45, 7) is 2.09. The van der Waals surface area contributed by atoms with Gasteiger partial charge >= 0.3 is 0 Å². The van der Waals surface area contributed by atoms with Gasteiger partial charge in [0, 0.05) is 31.0 Å². The minimum atomic E-state index is -0.518. The number of benzene rings is 3. The predicted octanol–water partition coefficient (Wildman–Crippen LogP) is 5.29. The van der Waals surface area contributed by atoms with Gasteiger partial charge in [-0.05, 0) is 54.1 Å². The van der Waals surface area contributed by atoms with E-state index in [4.69, 9.17) is 27.9 Å². The van der Waals surface area contributed by atoms with Gasteiger partial charge in [0.1, 0.15) is 11.4 Å². The number of ether oxygens (including phenoxy) is 1. The first-order valence-electron chi connectivity index (χ1n) is 10.0. The molecule has 1 N–H and O–H groups in total. The molecule has 2 aliphatic rings. The molecule has 0 unspecified atom stereocenters. The van der Waals surface area contributed by atoms with Crippen molar-refractivity contribution >= 4 is 40.5 Å². The third-order valence-corrected chi connectivity index (χ3v) is 6.59. The summed E-state index contributed by atoms with van der Waals surface area (Å²) in [7, 11) is 1.63. The average Bonchev–Trinajstić information content (AvgIpc) is 2.76. The summed E-state index contributed by atoms with van der Waals surface area (Å²) in [5, 5.41) is 4.74. The molecule has 0 bridgehead atoms. The highest BCUT2D eigenvalue weighted by Gasteiger charge is 2.53. The molecule has 0 saturated carbocycles. The number of likely N-dealkylation sites (tertiary alicyclic amines) is 1. The Morgan fingerprint density at radius 2 is 1.74 bits per heavy atom. The molecule has 0 aromatic heterocycles. The zero-order valence-electron chi connectivity index (χ0n) is 16.9. The second kappa shape index (κ2) is 7.75. The first-order valence-corrected chi connectivity index (χ1v) is 10.8. The van der Waals surface area contributed by atoms with Crippen LogP contribution in [0.4, 0.5) is 11.4 Å². The van der Waals surface area contributed by atoms with Crippen molar-refractivity contribution in [2.24, 2.45) is 0 Å². The molecular formula is C24H21Cl2N3O2. The lowest BCUT2D eigenvalue weighted by Gasteiger charge is -2.58. The van der Waals surface area contributed by atoms with Crippen molar-refractivity contribution in [1.82, 2.24) is 4.90 Å². The zero-order valence-corrected chi connectivity index (χ0v) is 18.5. The van der Waals surface area contributed by atoms with Gasteiger partial charge < -0.3 is 10.1 Å². The highest BCUT2D eigenvalue weighted by molar-refractivity contribution is 6.42. The number of nitrogens with one attached hydrogen (secondary N) is 1. The smallest absolute Gasteiger partial charge is 0.262 e. The van der Waals surface area contributed by atoms with E-state index in [1.165, 1.54) is 0 Å². The van der Waals surface area contributed by atoms with Crippen LogP contribution in [0.25, 0.3) is 0 Å². The number of halogens is 2. The Morgan fingerprint density at radius 1 is 1.00 bits per heavy atom. The van der Waals surface area contributed by atoms with E-state index < -0.39 is 5.66 Å². The van der Waals surface area contributed by atoms with Gasteiger partial charge in [0.25, 0.3) is 5.91 Å². The third kappa shape index (κ3) is 3.53. The van der Waals surface area contributed by atoms with Gasteiger partial charge in [0.15, 0.2) is 0 Å². The van der Waals surface area contributed by atoms with Crippen LogP contribution < -0.4 is 15.0 Å². The molecule has 5 rings (SSSR count). The second-order valence-electron chi connectivity index (χ2n) is 7.93. The summed E-state index contributed by atoms with van der Waals surface area (Å²) < 4.78 is 5.29. The van der Waals surface area contributed by atoms with Crippen LogP contribution in [0.1, 0.15) is 15.9 Å². The number of anilines is 2. The fraction of sp³-hybridized carbons (Fsp3) is 0.208. The molecular weight excluding hydrogens is 433 g/mol. The van der Waals surface area contributed by atoms with E-state index in [-0.39, 0.29) is 5.91 Å². The molecule has 2 aliphatic heterocycles. The van der Waals surface area contributed by atoms with Gasteiger partial charge in [0.05, 0.1) is 22.7 Å². The van der Waals surface area contributed by atoms with E-state index in [1.807, 2.05) is 71.6 Å². The number of methoxy groups -OCH3 is 1. The van der Waals surface area contributed by atoms with E-state index in [0.717, 1.165) is 29.2 Å². The van der Waals surface area contributed by atoms with E-state index >= 15 is 0 Å². The Morgan fingerprint density at radius 3 is 2.45 bits per heavy atom. The zero-order chi connectivity index (χ0) is 21.6. The Labute approximate surface area is 191 Å². The average molecular weight is 454 g/mol. The second-order valence-corrected chi connectivity index (χ2v) is 8.75. The van der Waals surface area contributed by atoms with E-state index in [0.29, 0.717) is 28.7 Å². The normalized spacial score (nSPS) is 17.1. The molecule has 7 heteroatoms. The van der Waals surface area contributed by atoms with Crippen LogP contribution in [0, 0.1) is 0 Å². The molecule has 3 aromatic carbocycles. The van der Waals surface area contributed by atoms with Gasteiger partial charge in [-0.25, -0.2) is 0 Å². The van der Waals surface area contributed by atoms with Gasteiger partial charge in [0.2, 0.25) is 0 Å². The number of para-hydroxylation sites is 1. The molecule has 1 saturated heterocycles. The Balaban J connectivity index is 1.45. The number of fused-ring (bicyclic) bond motifs is 1. The van der Waals surface area contributed by atoms with Crippen LogP contribution in [0.15, 0.2) is 66.7 Å². The lowest BCUT2D eigenvalue weighted by Crippen LogP contribution is -2.76. The van der Waals surface area contributed by atoms with Crippen molar-refractivity contribution < 1.29 is 9.53 Å². The van der Waals surface area contributed by atoms with E-state index in [2.05, 4.69) is 10.2 Å². The summed E-state index contributed by atoms with van der Waals surface area (Å²) >= 11 is 12.2. The number of hydrogen-bond acceptors (Lipinski definition) is 4. The maximum absolute atomic E-state index is 13.5. The van der Waals surface area contributed by atoms with Gasteiger partial charge in [-0.1, -0.05) is 41.4 Å². The molecule has 0 radical (unpaired) electrons. The standard InChI is InChI=1S/C24H21Cl2N3O2/c1-31-18-9-7-17(8-10-18)29-23(30)19-4-2-3-5-22(19)27-24(29)14-28(15-24)13-16-6-11-20(25)21(26)12-16/h2-12,27H,13-15H2,1H3. The number of carbonyl (C=O) groups excluding carboxylic acids is 1. The van der Waals surface area contributed by atoms with Crippen LogP contribution in [0.3, 0.4) is 0 Å². The van der Waals surface area contributed by atoms with E-state index in [1.54, 1.807) is 7.11 Å². The quantitative estimate of drug-likeness (QED) is 0.582. The maximum Gasteiger partial charge on any atom is 0.262 e. The summed E-state index contributed by atoms with van der Waals surface area (Å²) in [6.07, 6.45) is 0. The van der Waals surface area contributed by atoms with Crippen molar-refractivity contribution in [3.05, 3.63) is 87.9 Å². The topological polar surface area (TPSA) is 44.8 Å². The lowest BCUT2D eigenvalue weighted by atomic mass is 9.90. The molecule has 0 aliphatic carbocycles. The minimum absolute atomic E-state index is 0.00583. The fourth-order valence-electron chi connectivity index (χ4n) is 4.42. The number of amides is 1. The highest BCUT2D eigenvalue weighted by atomic mass is 35.5. The van der Waals surface area contributed by atoms with Crippen LogP contribution >= 0.6 is 23.2 Å². The Hall–Kier alpha value is -2.73. The van der Waals surface area contributed by atoms with Crippen molar-refractivity contribution in [1.29, 1.82) is 0 Å². The number of nitrogens with zero attached hydrogens (tertiary/aromatic N) is 2. The molecule has 0 atom stereocenters. The van der Waals surface area contributed by atoms with Gasteiger partial charge in [-0.3, -0.25) is 14.6 Å². The summed E-state index contributed by atoms with van der Waals surface area (Å²) in [6, 6.07) is 21.0. The van der Waals surface area contributed by atoms with Crippen LogP contribution in [0.2, 0.25) is 10.0 Å². The number of hydrogen-bond donors (Lipinski definition) is 1. The van der Waals surface area contributed by atoms with Crippen molar-refractivity contribution in [2.75, 3.05) is 30.4 Å². The summed E-state index contributed by atoms with van der Waals surface area (Å²) in [5.41, 5.74) is 2.94. The molecule has 31 heavy (non-hydrogen) atoms. The van der Waals surface area contributed by atoms with E-state index in [9.17, 15) is 4.79 Å². The summed E-state index contributed by atoms with van der Waals surface area (Å²) in [4.78, 5) is 17.7. The molecule has 2 heterocycles. The van der Waals surface area contributed by atoms with Crippen LogP contribution in [-0.4, -0.2) is 36.7 Å². The van der Waals surface area contributed by atoms with Crippen molar-refractivity contribution in [3.63, 3.8) is 0 Å². The molecule has 1 spiro atoms. The minimum Gasteiger partial charge on any atom is -0.497 e. The highest BCUT2D eigenvalue weighted by Crippen LogP contribution is 2.41. The predicted molar refractivity (Wildman–Crippen MR) is 124 cm³/mol. The maximum atomic E-state index is 13.5. The number of rotatable bonds is 4. The van der Waals surface area contributed by atoms with Crippen molar-refractivity contribution in [3.8, 4) is 5.75 Å². The first kappa shape index (κ1) is 20.2. The molecule has 5 nitrogen and oxygen atoms in total. The first-order chi connectivity index (χ1) is 15.0. The van der Waals surface area contributed by atoms with Gasteiger partial charge in [-0.2, -0.15) is 0 Å². The van der Waals surface area contributed by atoms with Crippen molar-refractivity contribution in [2.45, 2.75) is 12.2 Å². The Kier molecular flexibility index (Phi) is 5.05. The fourth-order valence-corrected chi connectivity index (χ4v) is 4.74. The molecule has 3 aromatic rings. The SMILES string of the molecule is COc1ccc(N2C(=O)c3ccccc3NC23CN(Cc2ccc(Cl)c(Cl)c2)C3)cc1. The molecule has 1 amide bonds. The molecule has 1 fully saturated rings. The van der Waals surface area contributed by atoms with Crippen LogP contribution in [-0.2, 0) is 6.54 Å². The molecule has 158 valence electrons.